The van der Waals surface area contributed by atoms with Crippen LogP contribution in [0, 0.1) is 0 Å². The first-order valence-corrected chi connectivity index (χ1v) is 9.48. The van der Waals surface area contributed by atoms with Crippen molar-refractivity contribution in [1.82, 2.24) is 5.32 Å². The lowest BCUT2D eigenvalue weighted by Gasteiger charge is -2.22. The zero-order chi connectivity index (χ0) is 18.2. The summed E-state index contributed by atoms with van der Waals surface area (Å²) in [7, 11) is 0. The van der Waals surface area contributed by atoms with E-state index in [2.05, 4.69) is 10.6 Å². The van der Waals surface area contributed by atoms with Crippen LogP contribution in [0.25, 0.3) is 0 Å². The standard InChI is InChI=1S/C17H24N2O5S/c1-3-23-15(20)12-10-25-14(13(12)16(21)24-4-2)19-17(22)18-11-8-6-5-7-9-11/h10-11H,3-9H2,1-2H3,(H2,18,19,22). The minimum Gasteiger partial charge on any atom is -0.462 e. The molecule has 8 heteroatoms. The normalized spacial score (nSPS) is 14.6. The third-order valence-electron chi connectivity index (χ3n) is 3.93. The molecule has 0 atom stereocenters. The average molecular weight is 368 g/mol. The number of hydrogen-bond acceptors (Lipinski definition) is 6. The van der Waals surface area contributed by atoms with Crippen molar-refractivity contribution in [3.05, 3.63) is 16.5 Å². The van der Waals surface area contributed by atoms with Gasteiger partial charge in [-0.05, 0) is 26.7 Å². The third-order valence-corrected chi connectivity index (χ3v) is 4.83. The van der Waals surface area contributed by atoms with Gasteiger partial charge in [-0.25, -0.2) is 14.4 Å². The van der Waals surface area contributed by atoms with Crippen LogP contribution in [0.5, 0.6) is 0 Å². The molecule has 1 aliphatic rings. The van der Waals surface area contributed by atoms with Gasteiger partial charge in [0.15, 0.2) is 0 Å². The fourth-order valence-electron chi connectivity index (χ4n) is 2.79. The number of anilines is 1. The van der Waals surface area contributed by atoms with Crippen LogP contribution in [0.15, 0.2) is 5.38 Å². The monoisotopic (exact) mass is 368 g/mol. The number of amides is 2. The minimum absolute atomic E-state index is 0.0455. The summed E-state index contributed by atoms with van der Waals surface area (Å²) in [4.78, 5) is 36.5. The van der Waals surface area contributed by atoms with Gasteiger partial charge in [0.2, 0.25) is 0 Å². The zero-order valence-electron chi connectivity index (χ0n) is 14.6. The highest BCUT2D eigenvalue weighted by atomic mass is 32.1. The van der Waals surface area contributed by atoms with Crippen molar-refractivity contribution < 1.29 is 23.9 Å². The van der Waals surface area contributed by atoms with Gasteiger partial charge in [0.1, 0.15) is 10.6 Å². The van der Waals surface area contributed by atoms with Gasteiger partial charge in [0, 0.05) is 11.4 Å². The van der Waals surface area contributed by atoms with Crippen molar-refractivity contribution in [3.8, 4) is 0 Å². The van der Waals surface area contributed by atoms with Crippen LogP contribution in [0.1, 0.15) is 66.7 Å². The fourth-order valence-corrected chi connectivity index (χ4v) is 3.70. The third kappa shape index (κ3) is 5.19. The van der Waals surface area contributed by atoms with E-state index in [4.69, 9.17) is 9.47 Å². The predicted octanol–water partition coefficient (Wildman–Crippen LogP) is 3.56. The van der Waals surface area contributed by atoms with Crippen molar-refractivity contribution >= 4 is 34.3 Å². The highest BCUT2D eigenvalue weighted by Crippen LogP contribution is 2.30. The molecule has 2 rings (SSSR count). The summed E-state index contributed by atoms with van der Waals surface area (Å²) in [5.41, 5.74) is 0.155. The second-order valence-electron chi connectivity index (χ2n) is 5.73. The summed E-state index contributed by atoms with van der Waals surface area (Å²) in [5.74, 6) is -1.26. The largest absolute Gasteiger partial charge is 0.462 e. The Bertz CT molecular complexity index is 623. The molecule has 0 saturated heterocycles. The highest BCUT2D eigenvalue weighted by Gasteiger charge is 2.27. The SMILES string of the molecule is CCOC(=O)c1csc(NC(=O)NC2CCCCC2)c1C(=O)OCC. The van der Waals surface area contributed by atoms with Crippen LogP contribution in [0.2, 0.25) is 0 Å². The number of carbonyl (C=O) groups excluding carboxylic acids is 3. The molecule has 1 aromatic rings. The van der Waals surface area contributed by atoms with E-state index in [0.717, 1.165) is 37.0 Å². The first kappa shape index (κ1) is 19.2. The molecule has 25 heavy (non-hydrogen) atoms. The second kappa shape index (κ2) is 9.41. The molecule has 0 aromatic carbocycles. The molecular formula is C17H24N2O5S. The van der Waals surface area contributed by atoms with Crippen LogP contribution >= 0.6 is 11.3 Å². The number of carbonyl (C=O) groups is 3. The molecule has 1 saturated carbocycles. The Kier molecular flexibility index (Phi) is 7.24. The maximum absolute atomic E-state index is 12.2. The lowest BCUT2D eigenvalue weighted by molar-refractivity contribution is 0.0481. The topological polar surface area (TPSA) is 93.7 Å². The van der Waals surface area contributed by atoms with Crippen LogP contribution < -0.4 is 10.6 Å². The smallest absolute Gasteiger partial charge is 0.342 e. The Morgan fingerprint density at radius 1 is 1.08 bits per heavy atom. The van der Waals surface area contributed by atoms with Gasteiger partial charge in [0.25, 0.3) is 0 Å². The summed E-state index contributed by atoms with van der Waals surface area (Å²) < 4.78 is 9.98. The van der Waals surface area contributed by atoms with Gasteiger partial charge >= 0.3 is 18.0 Å². The quantitative estimate of drug-likeness (QED) is 0.749. The number of ether oxygens (including phenoxy) is 2. The van der Waals surface area contributed by atoms with E-state index in [1.54, 1.807) is 13.8 Å². The van der Waals surface area contributed by atoms with Crippen molar-refractivity contribution in [1.29, 1.82) is 0 Å². The molecule has 1 heterocycles. The molecule has 0 unspecified atom stereocenters. The fraction of sp³-hybridized carbons (Fsp3) is 0.588. The molecule has 7 nitrogen and oxygen atoms in total. The van der Waals surface area contributed by atoms with E-state index >= 15 is 0 Å². The molecule has 2 amide bonds. The summed E-state index contributed by atoms with van der Waals surface area (Å²) in [5, 5.41) is 7.38. The van der Waals surface area contributed by atoms with Crippen molar-refractivity contribution in [2.24, 2.45) is 0 Å². The Morgan fingerprint density at radius 3 is 2.36 bits per heavy atom. The number of thiophene rings is 1. The molecule has 138 valence electrons. The molecule has 0 radical (unpaired) electrons. The van der Waals surface area contributed by atoms with Crippen molar-refractivity contribution in [2.45, 2.75) is 52.0 Å². The Morgan fingerprint density at radius 2 is 1.72 bits per heavy atom. The number of rotatable bonds is 6. The Labute approximate surface area is 151 Å². The van der Waals surface area contributed by atoms with Gasteiger partial charge in [-0.3, -0.25) is 5.32 Å². The lowest BCUT2D eigenvalue weighted by Crippen LogP contribution is -2.39. The van der Waals surface area contributed by atoms with E-state index in [1.807, 2.05) is 0 Å². The minimum atomic E-state index is -0.653. The van der Waals surface area contributed by atoms with E-state index in [-0.39, 0.29) is 41.4 Å². The number of hydrogen-bond donors (Lipinski definition) is 2. The zero-order valence-corrected chi connectivity index (χ0v) is 15.4. The first-order chi connectivity index (χ1) is 12.1. The maximum atomic E-state index is 12.2. The van der Waals surface area contributed by atoms with Crippen LogP contribution in [-0.4, -0.2) is 37.2 Å². The number of nitrogens with one attached hydrogen (secondary N) is 2. The van der Waals surface area contributed by atoms with Gasteiger partial charge in [-0.1, -0.05) is 19.3 Å². The summed E-state index contributed by atoms with van der Waals surface area (Å²) in [6.45, 7) is 3.73. The first-order valence-electron chi connectivity index (χ1n) is 8.60. The van der Waals surface area contributed by atoms with E-state index < -0.39 is 11.9 Å². The summed E-state index contributed by atoms with van der Waals surface area (Å²) >= 11 is 1.10. The Hall–Kier alpha value is -2.09. The van der Waals surface area contributed by atoms with Crippen LogP contribution in [0.3, 0.4) is 0 Å². The molecule has 2 N–H and O–H groups in total. The molecule has 1 fully saturated rings. The molecular weight excluding hydrogens is 344 g/mol. The summed E-state index contributed by atoms with van der Waals surface area (Å²) in [6, 6.07) is -0.237. The predicted molar refractivity (Wildman–Crippen MR) is 95.3 cm³/mol. The molecule has 0 spiro atoms. The lowest BCUT2D eigenvalue weighted by atomic mass is 9.96. The van der Waals surface area contributed by atoms with Gasteiger partial charge in [0.05, 0.1) is 18.8 Å². The molecule has 0 aliphatic heterocycles. The second-order valence-corrected chi connectivity index (χ2v) is 6.61. The van der Waals surface area contributed by atoms with E-state index in [1.165, 1.54) is 11.8 Å². The van der Waals surface area contributed by atoms with Gasteiger partial charge in [-0.15, -0.1) is 11.3 Å². The number of esters is 2. The molecule has 1 aliphatic carbocycles. The van der Waals surface area contributed by atoms with Gasteiger partial charge in [-0.2, -0.15) is 0 Å². The van der Waals surface area contributed by atoms with Crippen LogP contribution in [-0.2, 0) is 9.47 Å². The van der Waals surface area contributed by atoms with E-state index in [0.29, 0.717) is 0 Å². The molecule has 0 bridgehead atoms. The maximum Gasteiger partial charge on any atom is 0.342 e. The van der Waals surface area contributed by atoms with Gasteiger partial charge < -0.3 is 14.8 Å². The van der Waals surface area contributed by atoms with Crippen molar-refractivity contribution in [3.63, 3.8) is 0 Å². The van der Waals surface area contributed by atoms with Crippen LogP contribution in [0.4, 0.5) is 9.80 Å². The highest BCUT2D eigenvalue weighted by molar-refractivity contribution is 7.15. The number of urea groups is 1. The average Bonchev–Trinajstić information content (AvgIpc) is 2.99. The van der Waals surface area contributed by atoms with E-state index in [9.17, 15) is 14.4 Å². The summed E-state index contributed by atoms with van der Waals surface area (Å²) in [6.07, 6.45) is 5.31. The van der Waals surface area contributed by atoms with Crippen molar-refractivity contribution in [2.75, 3.05) is 18.5 Å². The molecule has 1 aromatic heterocycles. The Balaban J connectivity index is 2.13.